The smallest absolute Gasteiger partial charge is 0.257 e. The molecule has 0 fully saturated rings. The standard InChI is InChI=1S/C116H83B2N5/c1-115(2,3)76-68-101-106-102(69-76)122(109-79(72-37-12-7-13-38-72)57-34-58-80(109)73-39-14-8-15-40-73)104-71-96-113(114-108(104)118(106)107-99(119(114)78-45-20-11-21-46-78)66-65-94-90-54-29-25-50-86(90)84-48-23-27-52-88(84)92-56-31-33-64-98(92)121(101)112(94)107)123(110-81(74-41-16-9-17-42-74)59-35-60-82(110)75-43-18-10-19-44-75)103-70-77(116(4,5)6)67-100-105(103)117(96)95-62-36-61-93-89-53-28-24-49-85(89)83-47-22-26-51-87(83)91-55-30-32-63-97(91)120(100)111(93)95/h7-71H,1-6H3. The Morgan fingerprint density at radius 2 is 0.537 bits per heavy atom. The maximum Gasteiger partial charge on any atom is 0.257 e. The average Bonchev–Trinajstić information content (AvgIpc) is 1.15. The zero-order valence-electron chi connectivity index (χ0n) is 69.4. The van der Waals surface area contributed by atoms with E-state index in [0.29, 0.717) is 0 Å². The molecular weight excluding hydrogens is 1480 g/mol. The highest BCUT2D eigenvalue weighted by molar-refractivity contribution is 7.04. The molecule has 0 amide bonds. The van der Waals surface area contributed by atoms with E-state index in [1.165, 1.54) is 125 Å². The van der Waals surface area contributed by atoms with Crippen LogP contribution in [0.1, 0.15) is 52.7 Å². The second-order valence-electron chi connectivity index (χ2n) is 36.1. The summed E-state index contributed by atoms with van der Waals surface area (Å²) in [7, 11) is 0. The number of fused-ring (bicyclic) bond motifs is 20. The Hall–Kier alpha value is -14.9. The summed E-state index contributed by atoms with van der Waals surface area (Å²) in [5, 5.41) is 14.3. The number of hydrogen-bond acceptors (Lipinski definition) is 3. The molecule has 0 spiro atoms. The molecule has 0 atom stereocenters. The third kappa shape index (κ3) is 10.3. The van der Waals surface area contributed by atoms with Gasteiger partial charge in [0.15, 0.2) is 0 Å². The summed E-state index contributed by atoms with van der Waals surface area (Å²) in [4.78, 5) is 8.42. The Bertz CT molecular complexity index is 7980. The third-order valence-electron chi connectivity index (χ3n) is 27.3. The first-order valence-electron chi connectivity index (χ1n) is 43.4. The van der Waals surface area contributed by atoms with Crippen LogP contribution in [0, 0.1) is 0 Å². The summed E-state index contributed by atoms with van der Waals surface area (Å²) in [5.41, 5.74) is 35.2. The van der Waals surface area contributed by atoms with Gasteiger partial charge in [-0.15, -0.1) is 0 Å². The lowest BCUT2D eigenvalue weighted by atomic mass is 9.30. The normalized spacial score (nSPS) is 13.2. The molecule has 0 bridgehead atoms. The quantitative estimate of drug-likeness (QED) is 0.148. The molecule has 20 aromatic rings. The van der Waals surface area contributed by atoms with Crippen LogP contribution in [0.4, 0.5) is 51.2 Å². The van der Waals surface area contributed by atoms with Gasteiger partial charge in [-0.2, -0.15) is 0 Å². The Morgan fingerprint density at radius 3 is 0.984 bits per heavy atom. The third-order valence-corrected chi connectivity index (χ3v) is 27.3. The minimum Gasteiger partial charge on any atom is -0.310 e. The van der Waals surface area contributed by atoms with Gasteiger partial charge in [0.1, 0.15) is 0 Å². The highest BCUT2D eigenvalue weighted by Crippen LogP contribution is 2.59. The van der Waals surface area contributed by atoms with E-state index in [-0.39, 0.29) is 17.5 Å². The van der Waals surface area contributed by atoms with Crippen molar-refractivity contribution in [2.45, 2.75) is 52.4 Å². The molecule has 7 heteroatoms. The van der Waals surface area contributed by atoms with E-state index in [2.05, 4.69) is 460 Å². The number of para-hydroxylation sites is 6. The van der Waals surface area contributed by atoms with E-state index in [0.717, 1.165) is 112 Å². The molecule has 5 aliphatic rings. The topological polar surface area (TPSA) is 19.6 Å². The van der Waals surface area contributed by atoms with Crippen molar-refractivity contribution in [1.29, 1.82) is 0 Å². The van der Waals surface area contributed by atoms with Gasteiger partial charge in [-0.1, -0.05) is 375 Å². The molecule has 5 aliphatic heterocycles. The number of rotatable bonds is 7. The minimum absolute atomic E-state index is 0.357. The van der Waals surface area contributed by atoms with Gasteiger partial charge < -0.3 is 23.8 Å². The first-order chi connectivity index (χ1) is 60.4. The zero-order valence-corrected chi connectivity index (χ0v) is 69.4. The molecule has 18 aromatic carbocycles. The van der Waals surface area contributed by atoms with Gasteiger partial charge >= 0.3 is 0 Å². The number of hydrogen-bond donors (Lipinski definition) is 0. The molecule has 0 saturated carbocycles. The van der Waals surface area contributed by atoms with Crippen LogP contribution in [-0.2, 0) is 10.8 Å². The molecule has 578 valence electrons. The van der Waals surface area contributed by atoms with Crippen molar-refractivity contribution in [2.75, 3.05) is 14.7 Å². The van der Waals surface area contributed by atoms with Crippen molar-refractivity contribution in [3.8, 4) is 55.9 Å². The number of benzene rings is 18. The number of nitrogens with zero attached hydrogens (tertiary/aromatic N) is 5. The lowest BCUT2D eigenvalue weighted by Crippen LogP contribution is -2.67. The van der Waals surface area contributed by atoms with Crippen LogP contribution >= 0.6 is 0 Å². The fraction of sp³-hybridized carbons (Fsp3) is 0.0690. The zero-order chi connectivity index (χ0) is 81.8. The number of aromatic nitrogens is 2. The summed E-state index contributed by atoms with van der Waals surface area (Å²) >= 11 is 0. The summed E-state index contributed by atoms with van der Waals surface area (Å²) in [6, 6.07) is 152. The summed E-state index contributed by atoms with van der Waals surface area (Å²) in [6.45, 7) is 13.7. The molecule has 7 heterocycles. The second-order valence-corrected chi connectivity index (χ2v) is 36.1. The average molecular weight is 1570 g/mol. The van der Waals surface area contributed by atoms with Crippen molar-refractivity contribution in [1.82, 2.24) is 9.13 Å². The van der Waals surface area contributed by atoms with Gasteiger partial charge in [-0.05, 0) is 181 Å². The van der Waals surface area contributed by atoms with Gasteiger partial charge in [0.05, 0.1) is 39.3 Å². The molecule has 0 saturated heterocycles. The van der Waals surface area contributed by atoms with Crippen LogP contribution < -0.4 is 47.5 Å². The van der Waals surface area contributed by atoms with E-state index < -0.39 is 6.71 Å². The van der Waals surface area contributed by atoms with E-state index in [1.54, 1.807) is 0 Å². The summed E-state index contributed by atoms with van der Waals surface area (Å²) in [5.74, 6) is 0. The lowest BCUT2D eigenvalue weighted by molar-refractivity contribution is 0.590. The fourth-order valence-electron chi connectivity index (χ4n) is 22.0. The van der Waals surface area contributed by atoms with Crippen LogP contribution in [0.2, 0.25) is 0 Å². The highest BCUT2D eigenvalue weighted by atomic mass is 15.3. The largest absolute Gasteiger partial charge is 0.310 e. The molecular formula is C116H83B2N5. The minimum atomic E-state index is -0.401. The number of anilines is 9. The van der Waals surface area contributed by atoms with Crippen molar-refractivity contribution in [3.63, 3.8) is 0 Å². The molecule has 5 nitrogen and oxygen atoms in total. The van der Waals surface area contributed by atoms with E-state index in [4.69, 9.17) is 0 Å². The molecule has 0 unspecified atom stereocenters. The van der Waals surface area contributed by atoms with Gasteiger partial charge in [-0.3, -0.25) is 0 Å². The summed E-state index contributed by atoms with van der Waals surface area (Å²) in [6.07, 6.45) is 0. The van der Waals surface area contributed by atoms with Crippen molar-refractivity contribution in [2.24, 2.45) is 0 Å². The summed E-state index contributed by atoms with van der Waals surface area (Å²) < 4.78 is 5.47. The SMILES string of the molecule is CC(C)(C)c1cc2c3c(c1)-n1c4ccccc4c4ccccc4c4ccccc4c4cccc(c41)B3c1cc3c4c(c1N2c1c(-c2ccccc2)cccc1-c1ccccc1)N(c1ccccc1)c1ccc2c5ccccc5c5ccccc5c5ccccc5n5c2c1B4c1c(cc(C(C)(C)C)cc1-5)N3c1c(-c2ccccc2)cccc1-c1ccccc1. The maximum atomic E-state index is 2.84. The molecule has 0 radical (unpaired) electrons. The lowest BCUT2D eigenvalue weighted by Gasteiger charge is -2.51. The molecule has 123 heavy (non-hydrogen) atoms. The second kappa shape index (κ2) is 26.8. The van der Waals surface area contributed by atoms with Crippen molar-refractivity contribution >= 4 is 184 Å². The monoisotopic (exact) mass is 1570 g/mol. The van der Waals surface area contributed by atoms with Crippen LogP contribution in [0.15, 0.2) is 394 Å². The van der Waals surface area contributed by atoms with Gasteiger partial charge in [0.2, 0.25) is 0 Å². The van der Waals surface area contributed by atoms with Crippen LogP contribution in [0.3, 0.4) is 0 Å². The Balaban J connectivity index is 0.977. The van der Waals surface area contributed by atoms with Crippen molar-refractivity contribution < 1.29 is 0 Å². The maximum absolute atomic E-state index is 2.84. The predicted octanol–water partition coefficient (Wildman–Crippen LogP) is 27.0. The first-order valence-corrected chi connectivity index (χ1v) is 43.4. The van der Waals surface area contributed by atoms with Gasteiger partial charge in [0.25, 0.3) is 13.4 Å². The highest BCUT2D eigenvalue weighted by Gasteiger charge is 2.54. The van der Waals surface area contributed by atoms with E-state index in [9.17, 15) is 0 Å². The molecule has 25 rings (SSSR count). The van der Waals surface area contributed by atoms with Gasteiger partial charge in [0, 0.05) is 89.1 Å². The van der Waals surface area contributed by atoms with Gasteiger partial charge in [-0.25, -0.2) is 0 Å². The van der Waals surface area contributed by atoms with E-state index >= 15 is 0 Å². The van der Waals surface area contributed by atoms with Crippen LogP contribution in [0.25, 0.3) is 143 Å². The van der Waals surface area contributed by atoms with Crippen LogP contribution in [-0.4, -0.2) is 22.6 Å². The Labute approximate surface area is 716 Å². The first kappa shape index (κ1) is 71.0. The molecule has 0 N–H and O–H groups in total. The van der Waals surface area contributed by atoms with E-state index in [1.807, 2.05) is 0 Å². The van der Waals surface area contributed by atoms with Crippen LogP contribution in [0.5, 0.6) is 0 Å². The molecule has 0 aliphatic carbocycles. The van der Waals surface area contributed by atoms with Crippen molar-refractivity contribution in [3.05, 3.63) is 405 Å². The predicted molar refractivity (Wildman–Crippen MR) is 526 cm³/mol. The molecule has 2 aromatic heterocycles. The fourth-order valence-corrected chi connectivity index (χ4v) is 22.0. The Kier molecular flexibility index (Phi) is 15.5. The Morgan fingerprint density at radius 1 is 0.203 bits per heavy atom.